The molecule has 30 heavy (non-hydrogen) atoms. The normalized spacial score (nSPS) is 12.8. The van der Waals surface area contributed by atoms with Crippen LogP contribution in [0.2, 0.25) is 0 Å². The third-order valence-electron chi connectivity index (χ3n) is 4.58. The van der Waals surface area contributed by atoms with Gasteiger partial charge in [-0.1, -0.05) is 50.8 Å². The molecule has 0 heterocycles. The molecular weight excluding hydrogens is 382 g/mol. The van der Waals surface area contributed by atoms with Crippen molar-refractivity contribution < 1.29 is 24.2 Å². The predicted octanol–water partition coefficient (Wildman–Crippen LogP) is 4.37. The summed E-state index contributed by atoms with van der Waals surface area (Å²) in [5.74, 6) is -0.490. The highest BCUT2D eigenvalue weighted by Crippen LogP contribution is 2.18. The van der Waals surface area contributed by atoms with Gasteiger partial charge in [0.1, 0.15) is 18.5 Å². The van der Waals surface area contributed by atoms with Crippen molar-refractivity contribution in [2.75, 3.05) is 6.61 Å². The van der Waals surface area contributed by atoms with Crippen molar-refractivity contribution in [1.82, 2.24) is 5.32 Å². The summed E-state index contributed by atoms with van der Waals surface area (Å²) in [6, 6.07) is 13.7. The van der Waals surface area contributed by atoms with Gasteiger partial charge < -0.3 is 19.9 Å². The second-order valence-electron chi connectivity index (χ2n) is 7.38. The predicted molar refractivity (Wildman–Crippen MR) is 116 cm³/mol. The molecule has 1 amide bonds. The fourth-order valence-corrected chi connectivity index (χ4v) is 2.93. The van der Waals surface area contributed by atoms with Gasteiger partial charge in [-0.3, -0.25) is 4.79 Å². The number of hydrogen-bond donors (Lipinski definition) is 2. The number of ether oxygens (including phenoxy) is 2. The number of rotatable bonds is 11. The van der Waals surface area contributed by atoms with Crippen molar-refractivity contribution in [3.05, 3.63) is 77.9 Å². The standard InChI is InChI=1S/C24H29NO5/c1-5-13-29-21-8-6-7-18(14-21)15-30-22(16(2)3)23(26)25-17(4)19-9-11-20(12-10-19)24(27)28/h5-12,14,16-17,22H,1,13,15H2,2-4H3,(H,25,26)(H,27,28). The summed E-state index contributed by atoms with van der Waals surface area (Å²) in [5, 5.41) is 12.0. The smallest absolute Gasteiger partial charge is 0.335 e. The molecule has 0 aromatic heterocycles. The van der Waals surface area contributed by atoms with Crippen LogP contribution in [0.3, 0.4) is 0 Å². The molecule has 0 radical (unpaired) electrons. The van der Waals surface area contributed by atoms with E-state index >= 15 is 0 Å². The van der Waals surface area contributed by atoms with Gasteiger partial charge in [-0.05, 0) is 48.2 Å². The van der Waals surface area contributed by atoms with Crippen molar-refractivity contribution >= 4 is 11.9 Å². The maximum Gasteiger partial charge on any atom is 0.335 e. The van der Waals surface area contributed by atoms with Crippen molar-refractivity contribution in [3.8, 4) is 5.75 Å². The van der Waals surface area contributed by atoms with E-state index in [1.165, 1.54) is 12.1 Å². The van der Waals surface area contributed by atoms with Crippen LogP contribution in [0.15, 0.2) is 61.2 Å². The zero-order valence-corrected chi connectivity index (χ0v) is 17.6. The number of benzene rings is 2. The van der Waals surface area contributed by atoms with E-state index in [2.05, 4.69) is 11.9 Å². The van der Waals surface area contributed by atoms with Crippen LogP contribution in [-0.2, 0) is 16.1 Å². The summed E-state index contributed by atoms with van der Waals surface area (Å²) in [4.78, 5) is 23.8. The number of carboxylic acid groups (broad SMARTS) is 1. The van der Waals surface area contributed by atoms with Gasteiger partial charge in [-0.25, -0.2) is 4.79 Å². The summed E-state index contributed by atoms with van der Waals surface area (Å²) in [6.07, 6.45) is 1.06. The van der Waals surface area contributed by atoms with E-state index in [0.717, 1.165) is 16.9 Å². The van der Waals surface area contributed by atoms with Gasteiger partial charge in [0.25, 0.3) is 0 Å². The van der Waals surface area contributed by atoms with Crippen LogP contribution in [0.5, 0.6) is 5.75 Å². The van der Waals surface area contributed by atoms with Gasteiger partial charge in [0, 0.05) is 0 Å². The Morgan fingerprint density at radius 1 is 1.13 bits per heavy atom. The first-order chi connectivity index (χ1) is 14.3. The third-order valence-corrected chi connectivity index (χ3v) is 4.58. The molecule has 160 valence electrons. The Labute approximate surface area is 177 Å². The molecule has 6 nitrogen and oxygen atoms in total. The largest absolute Gasteiger partial charge is 0.490 e. The van der Waals surface area contributed by atoms with Crippen LogP contribution in [0, 0.1) is 5.92 Å². The Morgan fingerprint density at radius 3 is 2.43 bits per heavy atom. The Kier molecular flexibility index (Phi) is 8.62. The summed E-state index contributed by atoms with van der Waals surface area (Å²) in [7, 11) is 0. The molecule has 6 heteroatoms. The van der Waals surface area contributed by atoms with Crippen LogP contribution >= 0.6 is 0 Å². The monoisotopic (exact) mass is 411 g/mol. The van der Waals surface area contributed by atoms with Crippen LogP contribution in [0.4, 0.5) is 0 Å². The van der Waals surface area contributed by atoms with E-state index in [4.69, 9.17) is 14.6 Å². The van der Waals surface area contributed by atoms with E-state index in [1.807, 2.05) is 45.0 Å². The van der Waals surface area contributed by atoms with Crippen LogP contribution in [0.25, 0.3) is 0 Å². The van der Waals surface area contributed by atoms with Crippen molar-refractivity contribution in [3.63, 3.8) is 0 Å². The maximum absolute atomic E-state index is 12.8. The zero-order valence-electron chi connectivity index (χ0n) is 17.6. The van der Waals surface area contributed by atoms with Crippen LogP contribution in [0.1, 0.15) is 48.3 Å². The average Bonchev–Trinajstić information content (AvgIpc) is 2.72. The Bertz CT molecular complexity index is 860. The van der Waals surface area contributed by atoms with E-state index in [0.29, 0.717) is 6.61 Å². The fourth-order valence-electron chi connectivity index (χ4n) is 2.93. The fraction of sp³-hybridized carbons (Fsp3) is 0.333. The molecule has 0 aliphatic heterocycles. The highest BCUT2D eigenvalue weighted by molar-refractivity contribution is 5.87. The molecule has 0 fully saturated rings. The summed E-state index contributed by atoms with van der Waals surface area (Å²) >= 11 is 0. The number of nitrogens with one attached hydrogen (secondary N) is 1. The van der Waals surface area contributed by atoms with E-state index in [-0.39, 0.29) is 30.0 Å². The van der Waals surface area contributed by atoms with Gasteiger partial charge in [0.15, 0.2) is 0 Å². The first-order valence-electron chi connectivity index (χ1n) is 9.89. The molecule has 0 bridgehead atoms. The second kappa shape index (κ2) is 11.2. The summed E-state index contributed by atoms with van der Waals surface area (Å²) in [6.45, 7) is 10.1. The Balaban J connectivity index is 1.98. The third kappa shape index (κ3) is 6.74. The molecule has 0 saturated carbocycles. The molecule has 2 N–H and O–H groups in total. The molecule has 0 spiro atoms. The molecule has 2 aromatic carbocycles. The van der Waals surface area contributed by atoms with Crippen molar-refractivity contribution in [2.45, 2.75) is 39.5 Å². The maximum atomic E-state index is 12.8. The van der Waals surface area contributed by atoms with E-state index in [9.17, 15) is 9.59 Å². The number of amides is 1. The van der Waals surface area contributed by atoms with E-state index in [1.54, 1.807) is 18.2 Å². The molecule has 0 saturated heterocycles. The van der Waals surface area contributed by atoms with Gasteiger partial charge in [-0.15, -0.1) is 0 Å². The van der Waals surface area contributed by atoms with Gasteiger partial charge in [0.05, 0.1) is 18.2 Å². The highest BCUT2D eigenvalue weighted by atomic mass is 16.5. The molecule has 2 unspecified atom stereocenters. The molecular formula is C24H29NO5. The molecule has 2 aromatic rings. The molecule has 2 atom stereocenters. The van der Waals surface area contributed by atoms with E-state index < -0.39 is 12.1 Å². The van der Waals surface area contributed by atoms with Gasteiger partial charge in [-0.2, -0.15) is 0 Å². The lowest BCUT2D eigenvalue weighted by molar-refractivity contribution is -0.137. The lowest BCUT2D eigenvalue weighted by atomic mass is 10.0. The van der Waals surface area contributed by atoms with Crippen molar-refractivity contribution in [1.29, 1.82) is 0 Å². The first-order valence-corrected chi connectivity index (χ1v) is 9.89. The zero-order chi connectivity index (χ0) is 22.1. The summed E-state index contributed by atoms with van der Waals surface area (Å²) < 4.78 is 11.5. The molecule has 0 aliphatic rings. The number of hydrogen-bond acceptors (Lipinski definition) is 4. The molecule has 0 aliphatic carbocycles. The number of aromatic carboxylic acids is 1. The molecule has 2 rings (SSSR count). The number of carbonyl (C=O) groups excluding carboxylic acids is 1. The Morgan fingerprint density at radius 2 is 1.83 bits per heavy atom. The van der Waals surface area contributed by atoms with Crippen LogP contribution < -0.4 is 10.1 Å². The van der Waals surface area contributed by atoms with Crippen molar-refractivity contribution in [2.24, 2.45) is 5.92 Å². The highest BCUT2D eigenvalue weighted by Gasteiger charge is 2.24. The van der Waals surface area contributed by atoms with Crippen LogP contribution in [-0.4, -0.2) is 29.7 Å². The number of carbonyl (C=O) groups is 2. The SMILES string of the molecule is C=CCOc1cccc(COC(C(=O)NC(C)c2ccc(C(=O)O)cc2)C(C)C)c1. The minimum absolute atomic E-state index is 0.0215. The quantitative estimate of drug-likeness (QED) is 0.537. The number of carboxylic acids is 1. The minimum atomic E-state index is -0.981. The lowest BCUT2D eigenvalue weighted by Gasteiger charge is -2.24. The summed E-state index contributed by atoms with van der Waals surface area (Å²) in [5.41, 5.74) is 1.94. The van der Waals surface area contributed by atoms with Gasteiger partial charge >= 0.3 is 5.97 Å². The van der Waals surface area contributed by atoms with Gasteiger partial charge in [0.2, 0.25) is 5.91 Å². The Hall–Kier alpha value is -3.12. The minimum Gasteiger partial charge on any atom is -0.490 e. The first kappa shape index (κ1) is 23.2. The lowest BCUT2D eigenvalue weighted by Crippen LogP contribution is -2.40. The average molecular weight is 411 g/mol. The topological polar surface area (TPSA) is 84.9 Å². The second-order valence-corrected chi connectivity index (χ2v) is 7.38.